The van der Waals surface area contributed by atoms with E-state index in [-0.39, 0.29) is 11.8 Å². The summed E-state index contributed by atoms with van der Waals surface area (Å²) in [5.41, 5.74) is 1.96. The van der Waals surface area contributed by atoms with Crippen LogP contribution < -0.4 is 15.4 Å². The van der Waals surface area contributed by atoms with Gasteiger partial charge in [0.2, 0.25) is 11.8 Å². The Labute approximate surface area is 135 Å². The largest absolute Gasteiger partial charge is 0.492 e. The summed E-state index contributed by atoms with van der Waals surface area (Å²) in [5, 5.41) is 5.68. The molecular formula is C16H22N2O3S. The molecule has 1 aromatic rings. The molecular weight excluding hydrogens is 300 g/mol. The molecule has 2 amide bonds. The van der Waals surface area contributed by atoms with Gasteiger partial charge in [0.05, 0.1) is 12.3 Å². The third-order valence-electron chi connectivity index (χ3n) is 3.25. The number of anilines is 1. The van der Waals surface area contributed by atoms with E-state index in [1.165, 1.54) is 0 Å². The fourth-order valence-electron chi connectivity index (χ4n) is 2.17. The molecule has 0 fully saturated rings. The highest BCUT2D eigenvalue weighted by Crippen LogP contribution is 2.26. The molecule has 5 nitrogen and oxygen atoms in total. The molecule has 2 rings (SSSR count). The summed E-state index contributed by atoms with van der Waals surface area (Å²) in [5.74, 6) is 2.40. The Balaban J connectivity index is 1.69. The van der Waals surface area contributed by atoms with Crippen molar-refractivity contribution in [3.63, 3.8) is 0 Å². The van der Waals surface area contributed by atoms with Gasteiger partial charge in [-0.3, -0.25) is 9.59 Å². The van der Waals surface area contributed by atoms with Crippen molar-refractivity contribution in [3.05, 3.63) is 23.8 Å². The second-order valence-electron chi connectivity index (χ2n) is 5.12. The van der Waals surface area contributed by atoms with Gasteiger partial charge in [-0.05, 0) is 42.4 Å². The van der Waals surface area contributed by atoms with E-state index in [1.54, 1.807) is 11.8 Å². The number of amides is 2. The number of carbonyl (C=O) groups excluding carboxylic acids is 2. The fraction of sp³-hybridized carbons (Fsp3) is 0.500. The van der Waals surface area contributed by atoms with Crippen LogP contribution in [0.2, 0.25) is 0 Å². The Hall–Kier alpha value is -1.69. The van der Waals surface area contributed by atoms with Gasteiger partial charge in [0.1, 0.15) is 12.4 Å². The Bertz CT molecular complexity index is 534. The number of carbonyl (C=O) groups is 2. The minimum absolute atomic E-state index is 0.0511. The molecule has 6 heteroatoms. The Kier molecular flexibility index (Phi) is 6.58. The van der Waals surface area contributed by atoms with Gasteiger partial charge >= 0.3 is 0 Å². The maximum atomic E-state index is 11.5. The average molecular weight is 322 g/mol. The van der Waals surface area contributed by atoms with Crippen LogP contribution in [0.3, 0.4) is 0 Å². The van der Waals surface area contributed by atoms with Gasteiger partial charge in [-0.25, -0.2) is 0 Å². The highest BCUT2D eigenvalue weighted by Gasteiger charge is 2.14. The summed E-state index contributed by atoms with van der Waals surface area (Å²) in [6, 6.07) is 5.65. The SMILES string of the molecule is CCCSCC(=O)NCCOc1ccc2c(c1)CCC(=O)N2. The van der Waals surface area contributed by atoms with Crippen LogP contribution in [-0.2, 0) is 16.0 Å². The third kappa shape index (κ3) is 5.26. The predicted molar refractivity (Wildman–Crippen MR) is 89.5 cm³/mol. The highest BCUT2D eigenvalue weighted by molar-refractivity contribution is 7.99. The Morgan fingerprint density at radius 2 is 2.27 bits per heavy atom. The van der Waals surface area contributed by atoms with Crippen LogP contribution >= 0.6 is 11.8 Å². The first-order chi connectivity index (χ1) is 10.7. The van der Waals surface area contributed by atoms with Crippen LogP contribution in [0.25, 0.3) is 0 Å². The van der Waals surface area contributed by atoms with E-state index >= 15 is 0 Å². The molecule has 1 heterocycles. The van der Waals surface area contributed by atoms with Gasteiger partial charge in [-0.1, -0.05) is 6.92 Å². The summed E-state index contributed by atoms with van der Waals surface area (Å²) in [6.45, 7) is 3.04. The van der Waals surface area contributed by atoms with E-state index in [4.69, 9.17) is 4.74 Å². The van der Waals surface area contributed by atoms with Crippen molar-refractivity contribution < 1.29 is 14.3 Å². The lowest BCUT2D eigenvalue weighted by Crippen LogP contribution is -2.29. The third-order valence-corrected chi connectivity index (χ3v) is 4.41. The molecule has 0 atom stereocenters. The summed E-state index contributed by atoms with van der Waals surface area (Å²) in [7, 11) is 0. The van der Waals surface area contributed by atoms with Crippen LogP contribution in [-0.4, -0.2) is 36.5 Å². The molecule has 0 aromatic heterocycles. The van der Waals surface area contributed by atoms with E-state index in [2.05, 4.69) is 17.6 Å². The van der Waals surface area contributed by atoms with Crippen molar-refractivity contribution in [2.24, 2.45) is 0 Å². The van der Waals surface area contributed by atoms with Crippen molar-refractivity contribution in [2.45, 2.75) is 26.2 Å². The quantitative estimate of drug-likeness (QED) is 0.720. The molecule has 120 valence electrons. The molecule has 1 aliphatic rings. The highest BCUT2D eigenvalue weighted by atomic mass is 32.2. The molecule has 0 spiro atoms. The fourth-order valence-corrected chi connectivity index (χ4v) is 2.89. The maximum absolute atomic E-state index is 11.5. The number of nitrogens with one attached hydrogen (secondary N) is 2. The number of thioether (sulfide) groups is 1. The number of ether oxygens (including phenoxy) is 1. The number of rotatable bonds is 8. The molecule has 0 aliphatic carbocycles. The monoisotopic (exact) mass is 322 g/mol. The van der Waals surface area contributed by atoms with E-state index in [0.717, 1.165) is 35.6 Å². The Morgan fingerprint density at radius 3 is 3.09 bits per heavy atom. The van der Waals surface area contributed by atoms with Gasteiger partial charge in [-0.2, -0.15) is 11.8 Å². The number of benzene rings is 1. The van der Waals surface area contributed by atoms with Crippen molar-refractivity contribution in [2.75, 3.05) is 30.0 Å². The van der Waals surface area contributed by atoms with Gasteiger partial charge in [0, 0.05) is 12.1 Å². The van der Waals surface area contributed by atoms with Gasteiger partial charge in [0.25, 0.3) is 0 Å². The molecule has 1 aliphatic heterocycles. The Morgan fingerprint density at radius 1 is 1.41 bits per heavy atom. The van der Waals surface area contributed by atoms with Crippen molar-refractivity contribution in [1.29, 1.82) is 0 Å². The molecule has 0 saturated carbocycles. The first-order valence-corrected chi connectivity index (χ1v) is 8.74. The zero-order valence-electron chi connectivity index (χ0n) is 12.8. The normalized spacial score (nSPS) is 13.2. The maximum Gasteiger partial charge on any atom is 0.230 e. The summed E-state index contributed by atoms with van der Waals surface area (Å²) < 4.78 is 5.64. The van der Waals surface area contributed by atoms with E-state index in [0.29, 0.717) is 25.3 Å². The lowest BCUT2D eigenvalue weighted by atomic mass is 10.0. The number of fused-ring (bicyclic) bond motifs is 1. The second-order valence-corrected chi connectivity index (χ2v) is 6.22. The van der Waals surface area contributed by atoms with Gasteiger partial charge in [0.15, 0.2) is 0 Å². The van der Waals surface area contributed by atoms with Gasteiger partial charge < -0.3 is 15.4 Å². The second kappa shape index (κ2) is 8.68. The first-order valence-electron chi connectivity index (χ1n) is 7.59. The van der Waals surface area contributed by atoms with Crippen LogP contribution in [0.1, 0.15) is 25.3 Å². The number of hydrogen-bond donors (Lipinski definition) is 2. The molecule has 2 N–H and O–H groups in total. The van der Waals surface area contributed by atoms with E-state index in [9.17, 15) is 9.59 Å². The van der Waals surface area contributed by atoms with Crippen LogP contribution in [0.4, 0.5) is 5.69 Å². The smallest absolute Gasteiger partial charge is 0.230 e. The topological polar surface area (TPSA) is 67.4 Å². The molecule has 0 unspecified atom stereocenters. The van der Waals surface area contributed by atoms with Crippen LogP contribution in [0, 0.1) is 0 Å². The predicted octanol–water partition coefficient (Wildman–Crippen LogP) is 2.21. The molecule has 0 radical (unpaired) electrons. The molecule has 1 aromatic carbocycles. The zero-order chi connectivity index (χ0) is 15.8. The first kappa shape index (κ1) is 16.7. The van der Waals surface area contributed by atoms with E-state index < -0.39 is 0 Å². The average Bonchev–Trinajstić information content (AvgIpc) is 2.52. The lowest BCUT2D eigenvalue weighted by molar-refractivity contribution is -0.118. The number of aryl methyl sites for hydroxylation is 1. The van der Waals surface area contributed by atoms with Crippen molar-refractivity contribution in [3.8, 4) is 5.75 Å². The summed E-state index contributed by atoms with van der Waals surface area (Å²) in [6.07, 6.45) is 2.34. The zero-order valence-corrected chi connectivity index (χ0v) is 13.6. The van der Waals surface area contributed by atoms with Crippen LogP contribution in [0.15, 0.2) is 18.2 Å². The molecule has 22 heavy (non-hydrogen) atoms. The lowest BCUT2D eigenvalue weighted by Gasteiger charge is -2.17. The standard InChI is InChI=1S/C16H22N2O3S/c1-2-9-22-11-16(20)17-7-8-21-13-4-5-14-12(10-13)3-6-15(19)18-14/h4-5,10H,2-3,6-9,11H2,1H3,(H,17,20)(H,18,19). The molecule has 0 saturated heterocycles. The number of hydrogen-bond acceptors (Lipinski definition) is 4. The van der Waals surface area contributed by atoms with Crippen LogP contribution in [0.5, 0.6) is 5.75 Å². The summed E-state index contributed by atoms with van der Waals surface area (Å²) in [4.78, 5) is 22.8. The molecule has 0 bridgehead atoms. The summed E-state index contributed by atoms with van der Waals surface area (Å²) >= 11 is 1.64. The van der Waals surface area contributed by atoms with Crippen molar-refractivity contribution >= 4 is 29.3 Å². The minimum atomic E-state index is 0.0511. The minimum Gasteiger partial charge on any atom is -0.492 e. The van der Waals surface area contributed by atoms with Crippen molar-refractivity contribution in [1.82, 2.24) is 5.32 Å². The van der Waals surface area contributed by atoms with E-state index in [1.807, 2.05) is 18.2 Å². The van der Waals surface area contributed by atoms with Gasteiger partial charge in [-0.15, -0.1) is 0 Å².